The number of aromatic nitrogens is 2. The van der Waals surface area contributed by atoms with E-state index in [4.69, 9.17) is 0 Å². The van der Waals surface area contributed by atoms with Crippen molar-refractivity contribution >= 4 is 36.7 Å². The Bertz CT molecular complexity index is 1420. The lowest BCUT2D eigenvalue weighted by atomic mass is 9.82. The van der Waals surface area contributed by atoms with Crippen LogP contribution in [-0.2, 0) is 15.3 Å². The molecular formula is C22H22BrF3N2O4S. The monoisotopic (exact) mass is 546 g/mol. The third kappa shape index (κ3) is 4.40. The summed E-state index contributed by atoms with van der Waals surface area (Å²) < 4.78 is 62.9. The molecule has 3 aromatic rings. The zero-order valence-corrected chi connectivity index (χ0v) is 20.8. The normalized spacial score (nSPS) is 13.2. The van der Waals surface area contributed by atoms with Crippen LogP contribution in [0.3, 0.4) is 0 Å². The first kappa shape index (κ1) is 25.2. The molecule has 0 amide bonds. The molecule has 11 heteroatoms. The second-order valence-corrected chi connectivity index (χ2v) is 11.8. The molecule has 0 spiro atoms. The van der Waals surface area contributed by atoms with Gasteiger partial charge in [0.15, 0.2) is 0 Å². The number of aromatic hydroxyl groups is 1. The van der Waals surface area contributed by atoms with Crippen LogP contribution >= 0.6 is 15.9 Å². The first-order valence-corrected chi connectivity index (χ1v) is 12.2. The summed E-state index contributed by atoms with van der Waals surface area (Å²) in [4.78, 5) is 18.6. The van der Waals surface area contributed by atoms with E-state index >= 15 is 0 Å². The average Bonchev–Trinajstić information content (AvgIpc) is 2.66. The van der Waals surface area contributed by atoms with Crippen LogP contribution in [0.2, 0.25) is 0 Å². The van der Waals surface area contributed by atoms with E-state index in [-0.39, 0.29) is 34.0 Å². The molecule has 178 valence electrons. The summed E-state index contributed by atoms with van der Waals surface area (Å²) in [6.45, 7) is 9.52. The van der Waals surface area contributed by atoms with Gasteiger partial charge in [-0.25, -0.2) is 13.4 Å². The Labute approximate surface area is 196 Å². The lowest BCUT2D eigenvalue weighted by molar-refractivity contribution is -0.0435. The molecule has 3 rings (SSSR count). The Kier molecular flexibility index (Phi) is 6.21. The van der Waals surface area contributed by atoms with Gasteiger partial charge in [-0.15, -0.1) is 0 Å². The average molecular weight is 547 g/mol. The molecule has 2 N–H and O–H groups in total. The Morgan fingerprint density at radius 3 is 2.24 bits per heavy atom. The second kappa shape index (κ2) is 8.12. The third-order valence-corrected chi connectivity index (χ3v) is 7.34. The van der Waals surface area contributed by atoms with Crippen molar-refractivity contribution in [2.75, 3.05) is 0 Å². The predicted octanol–water partition coefficient (Wildman–Crippen LogP) is 5.77. The number of alkyl halides is 3. The minimum atomic E-state index is -5.63. The van der Waals surface area contributed by atoms with Gasteiger partial charge in [-0.05, 0) is 41.2 Å². The lowest BCUT2D eigenvalue weighted by Crippen LogP contribution is -2.23. The van der Waals surface area contributed by atoms with Gasteiger partial charge in [0.25, 0.3) is 15.4 Å². The smallest absolute Gasteiger partial charge is 0.501 e. The summed E-state index contributed by atoms with van der Waals surface area (Å²) in [5, 5.41) is 10.8. The van der Waals surface area contributed by atoms with Crippen molar-refractivity contribution in [1.82, 2.24) is 9.97 Å². The van der Waals surface area contributed by atoms with Gasteiger partial charge in [0, 0.05) is 10.0 Å². The second-order valence-electron chi connectivity index (χ2n) is 8.99. The van der Waals surface area contributed by atoms with Crippen LogP contribution < -0.4 is 5.56 Å². The van der Waals surface area contributed by atoms with Crippen LogP contribution in [0.25, 0.3) is 22.3 Å². The molecule has 1 heterocycles. The predicted molar refractivity (Wildman–Crippen MR) is 123 cm³/mol. The summed E-state index contributed by atoms with van der Waals surface area (Å²) in [7, 11) is -5.63. The number of phenols is 1. The van der Waals surface area contributed by atoms with Gasteiger partial charge in [-0.1, -0.05) is 50.5 Å². The molecule has 0 aliphatic carbocycles. The van der Waals surface area contributed by atoms with Crippen molar-refractivity contribution in [3.8, 4) is 17.1 Å². The van der Waals surface area contributed by atoms with Crippen molar-refractivity contribution in [2.45, 2.75) is 56.4 Å². The summed E-state index contributed by atoms with van der Waals surface area (Å²) in [5.41, 5.74) is -5.23. The summed E-state index contributed by atoms with van der Waals surface area (Å²) in [6, 6.07) is 4.26. The number of rotatable bonds is 3. The van der Waals surface area contributed by atoms with Gasteiger partial charge in [0.1, 0.15) is 11.6 Å². The SMILES string of the molecule is CC(C)c1c(Br)cc(C(C)(C)C)c(O)c1-c1nc2ccc(S(=O)(=O)C(F)(F)F)cc2c(=O)[nH]1. The van der Waals surface area contributed by atoms with Crippen molar-refractivity contribution in [3.05, 3.63) is 50.2 Å². The molecule has 0 radical (unpaired) electrons. The topological polar surface area (TPSA) is 100 Å². The van der Waals surface area contributed by atoms with Crippen LogP contribution in [0, 0.1) is 0 Å². The van der Waals surface area contributed by atoms with Crippen LogP contribution in [0.5, 0.6) is 5.75 Å². The number of fused-ring (bicyclic) bond motifs is 1. The molecule has 0 unspecified atom stereocenters. The molecule has 0 bridgehead atoms. The lowest BCUT2D eigenvalue weighted by Gasteiger charge is -2.25. The molecule has 0 aliphatic rings. The van der Waals surface area contributed by atoms with Gasteiger partial charge < -0.3 is 10.1 Å². The maximum atomic E-state index is 12.9. The highest BCUT2D eigenvalue weighted by atomic mass is 79.9. The van der Waals surface area contributed by atoms with E-state index in [0.717, 1.165) is 12.1 Å². The van der Waals surface area contributed by atoms with Gasteiger partial charge in [-0.3, -0.25) is 4.79 Å². The Morgan fingerprint density at radius 2 is 1.73 bits per heavy atom. The molecule has 6 nitrogen and oxygen atoms in total. The number of benzene rings is 2. The maximum absolute atomic E-state index is 12.9. The largest absolute Gasteiger partial charge is 0.507 e. The highest BCUT2D eigenvalue weighted by Gasteiger charge is 2.47. The zero-order valence-electron chi connectivity index (χ0n) is 18.4. The fraction of sp³-hybridized carbons (Fsp3) is 0.364. The van der Waals surface area contributed by atoms with E-state index in [9.17, 15) is 31.5 Å². The van der Waals surface area contributed by atoms with Crippen LogP contribution in [-0.4, -0.2) is 29.0 Å². The van der Waals surface area contributed by atoms with E-state index in [1.54, 1.807) is 0 Å². The molecule has 0 aliphatic heterocycles. The maximum Gasteiger partial charge on any atom is 0.501 e. The number of sulfone groups is 1. The molecule has 33 heavy (non-hydrogen) atoms. The highest BCUT2D eigenvalue weighted by Crippen LogP contribution is 2.45. The molecule has 1 aromatic heterocycles. The summed E-state index contributed by atoms with van der Waals surface area (Å²) >= 11 is 3.54. The fourth-order valence-electron chi connectivity index (χ4n) is 3.57. The zero-order chi connectivity index (χ0) is 25.1. The van der Waals surface area contributed by atoms with E-state index in [1.165, 1.54) is 0 Å². The number of nitrogens with zero attached hydrogens (tertiary/aromatic N) is 1. The number of hydrogen-bond acceptors (Lipinski definition) is 5. The van der Waals surface area contributed by atoms with Gasteiger partial charge in [-0.2, -0.15) is 13.2 Å². The van der Waals surface area contributed by atoms with Gasteiger partial charge in [0.05, 0.1) is 21.4 Å². The van der Waals surface area contributed by atoms with Crippen molar-refractivity contribution in [3.63, 3.8) is 0 Å². The van der Waals surface area contributed by atoms with Gasteiger partial charge >= 0.3 is 5.51 Å². The molecule has 0 saturated heterocycles. The number of halogens is 4. The standard InChI is InChI=1S/C22H22BrF3N2O4S/c1-10(2)16-14(23)9-13(21(3,4)5)18(29)17(16)19-27-15-7-6-11(8-12(15)20(30)28-19)33(31,32)22(24,25)26/h6-10,29H,1-5H3,(H,27,28,30). The minimum absolute atomic E-state index is 0.0127. The van der Waals surface area contributed by atoms with Crippen LogP contribution in [0.4, 0.5) is 13.2 Å². The number of H-pyrrole nitrogens is 1. The van der Waals surface area contributed by atoms with E-state index in [0.29, 0.717) is 21.7 Å². The molecular weight excluding hydrogens is 525 g/mol. The van der Waals surface area contributed by atoms with E-state index in [1.807, 2.05) is 40.7 Å². The number of hydrogen-bond donors (Lipinski definition) is 2. The van der Waals surface area contributed by atoms with Crippen LogP contribution in [0.1, 0.15) is 51.7 Å². The first-order valence-electron chi connectivity index (χ1n) is 9.88. The Balaban J connectivity index is 2.36. The van der Waals surface area contributed by atoms with E-state index < -0.39 is 31.2 Å². The Morgan fingerprint density at radius 1 is 1.12 bits per heavy atom. The fourth-order valence-corrected chi connectivity index (χ4v) is 5.24. The van der Waals surface area contributed by atoms with E-state index in [2.05, 4.69) is 25.9 Å². The third-order valence-electron chi connectivity index (χ3n) is 5.20. The molecule has 0 fully saturated rings. The minimum Gasteiger partial charge on any atom is -0.507 e. The Hall–Kier alpha value is -2.40. The van der Waals surface area contributed by atoms with Crippen LogP contribution in [0.15, 0.2) is 38.4 Å². The summed E-state index contributed by atoms with van der Waals surface area (Å²) in [5.74, 6) is -0.144. The van der Waals surface area contributed by atoms with Crippen molar-refractivity contribution < 1.29 is 26.7 Å². The van der Waals surface area contributed by atoms with Crippen molar-refractivity contribution in [1.29, 1.82) is 0 Å². The molecule has 2 aromatic carbocycles. The summed E-state index contributed by atoms with van der Waals surface area (Å²) in [6.07, 6.45) is 0. The van der Waals surface area contributed by atoms with Crippen molar-refractivity contribution in [2.24, 2.45) is 0 Å². The first-order chi connectivity index (χ1) is 15.0. The number of aromatic amines is 1. The van der Waals surface area contributed by atoms with Gasteiger partial charge in [0.2, 0.25) is 0 Å². The molecule has 0 saturated carbocycles. The quantitative estimate of drug-likeness (QED) is 0.434. The number of nitrogens with one attached hydrogen (secondary N) is 1. The molecule has 0 atom stereocenters. The highest BCUT2D eigenvalue weighted by molar-refractivity contribution is 9.10. The number of phenolic OH excluding ortho intramolecular Hbond substituents is 1.